The lowest BCUT2D eigenvalue weighted by Gasteiger charge is -2.35. The van der Waals surface area contributed by atoms with Crippen LogP contribution in [0.1, 0.15) is 33.6 Å². The lowest BCUT2D eigenvalue weighted by molar-refractivity contribution is 0.0144. The number of carbonyl (C=O) groups is 1. The van der Waals surface area contributed by atoms with Gasteiger partial charge in [-0.3, -0.25) is 4.90 Å². The standard InChI is InChI=1S/C13H25N5O2/c1-13(2,3)20-12(19)18-10-8-17(9-11-18)7-5-4-6-15-16-14/h4-11H2,1-3H3. The fourth-order valence-electron chi connectivity index (χ4n) is 2.04. The highest BCUT2D eigenvalue weighted by Gasteiger charge is 2.25. The molecule has 0 aromatic heterocycles. The number of hydrogen-bond donors (Lipinski definition) is 0. The van der Waals surface area contributed by atoms with Crippen molar-refractivity contribution < 1.29 is 9.53 Å². The molecule has 1 saturated heterocycles. The van der Waals surface area contributed by atoms with Crippen LogP contribution in [0.3, 0.4) is 0 Å². The van der Waals surface area contributed by atoms with E-state index in [-0.39, 0.29) is 6.09 Å². The number of ether oxygens (including phenoxy) is 1. The number of azide groups is 1. The van der Waals surface area contributed by atoms with E-state index in [1.165, 1.54) is 0 Å². The Balaban J connectivity index is 2.19. The van der Waals surface area contributed by atoms with Crippen molar-refractivity contribution in [2.75, 3.05) is 39.3 Å². The van der Waals surface area contributed by atoms with Crippen LogP contribution < -0.4 is 0 Å². The van der Waals surface area contributed by atoms with Crippen molar-refractivity contribution >= 4 is 6.09 Å². The Morgan fingerprint density at radius 2 is 1.90 bits per heavy atom. The minimum Gasteiger partial charge on any atom is -0.444 e. The Morgan fingerprint density at radius 1 is 1.25 bits per heavy atom. The molecule has 7 heteroatoms. The van der Waals surface area contributed by atoms with E-state index in [0.29, 0.717) is 19.6 Å². The molecule has 0 bridgehead atoms. The molecule has 0 aromatic carbocycles. The molecule has 0 N–H and O–H groups in total. The average molecular weight is 283 g/mol. The molecule has 1 heterocycles. The van der Waals surface area contributed by atoms with Crippen LogP contribution in [-0.2, 0) is 4.74 Å². The van der Waals surface area contributed by atoms with Gasteiger partial charge in [-0.15, -0.1) is 0 Å². The van der Waals surface area contributed by atoms with E-state index in [4.69, 9.17) is 10.3 Å². The summed E-state index contributed by atoms with van der Waals surface area (Å²) in [6.07, 6.45) is 1.71. The number of nitrogens with zero attached hydrogens (tertiary/aromatic N) is 5. The van der Waals surface area contributed by atoms with Crippen molar-refractivity contribution in [3.8, 4) is 0 Å². The molecule has 0 unspecified atom stereocenters. The highest BCUT2D eigenvalue weighted by Crippen LogP contribution is 2.12. The Morgan fingerprint density at radius 3 is 2.45 bits per heavy atom. The number of unbranched alkanes of at least 4 members (excludes halogenated alkanes) is 1. The first-order valence-electron chi connectivity index (χ1n) is 7.13. The molecule has 0 spiro atoms. The van der Waals surface area contributed by atoms with Gasteiger partial charge in [-0.1, -0.05) is 5.11 Å². The van der Waals surface area contributed by atoms with Gasteiger partial charge >= 0.3 is 6.09 Å². The van der Waals surface area contributed by atoms with E-state index in [0.717, 1.165) is 32.5 Å². The number of rotatable bonds is 5. The van der Waals surface area contributed by atoms with Crippen molar-refractivity contribution in [3.63, 3.8) is 0 Å². The number of piperazine rings is 1. The summed E-state index contributed by atoms with van der Waals surface area (Å²) in [5, 5.41) is 3.52. The lowest BCUT2D eigenvalue weighted by atomic mass is 10.2. The molecule has 0 saturated carbocycles. The van der Waals surface area contributed by atoms with Gasteiger partial charge in [0.2, 0.25) is 0 Å². The highest BCUT2D eigenvalue weighted by atomic mass is 16.6. The molecule has 7 nitrogen and oxygen atoms in total. The Kier molecular flexibility index (Phi) is 6.61. The van der Waals surface area contributed by atoms with Crippen LogP contribution in [0.15, 0.2) is 5.11 Å². The van der Waals surface area contributed by atoms with Gasteiger partial charge in [0.05, 0.1) is 0 Å². The third-order valence-electron chi connectivity index (χ3n) is 3.07. The summed E-state index contributed by atoms with van der Waals surface area (Å²) in [5.41, 5.74) is 7.74. The largest absolute Gasteiger partial charge is 0.444 e. The molecule has 1 aliphatic rings. The van der Waals surface area contributed by atoms with Gasteiger partial charge in [0, 0.05) is 37.6 Å². The maximum absolute atomic E-state index is 11.9. The Labute approximate surface area is 120 Å². The summed E-state index contributed by atoms with van der Waals surface area (Å²) in [7, 11) is 0. The SMILES string of the molecule is CC(C)(C)OC(=O)N1CCN(CCCCN=[N+]=[N-])CC1. The predicted octanol–water partition coefficient (Wildman–Crippen LogP) is 2.63. The second-order valence-corrected chi connectivity index (χ2v) is 5.97. The first kappa shape index (κ1) is 16.6. The molecule has 1 amide bonds. The van der Waals surface area contributed by atoms with Gasteiger partial charge in [-0.2, -0.15) is 0 Å². The molecule has 0 aromatic rings. The van der Waals surface area contributed by atoms with Gasteiger partial charge < -0.3 is 9.64 Å². The van der Waals surface area contributed by atoms with Gasteiger partial charge in [0.1, 0.15) is 5.60 Å². The molecule has 1 aliphatic heterocycles. The van der Waals surface area contributed by atoms with Crippen molar-refractivity contribution in [3.05, 3.63) is 10.4 Å². The normalized spacial score (nSPS) is 16.6. The second-order valence-electron chi connectivity index (χ2n) is 5.97. The van der Waals surface area contributed by atoms with Gasteiger partial charge in [-0.25, -0.2) is 4.79 Å². The van der Waals surface area contributed by atoms with Crippen LogP contribution in [-0.4, -0.2) is 60.8 Å². The number of carbonyl (C=O) groups excluding carboxylic acids is 1. The summed E-state index contributed by atoms with van der Waals surface area (Å²) in [6.45, 7) is 10.4. The van der Waals surface area contributed by atoms with Crippen LogP contribution in [0.4, 0.5) is 4.79 Å². The topological polar surface area (TPSA) is 81.5 Å². The van der Waals surface area contributed by atoms with Crippen LogP contribution in [0.2, 0.25) is 0 Å². The van der Waals surface area contributed by atoms with Crippen LogP contribution in [0.25, 0.3) is 10.4 Å². The van der Waals surface area contributed by atoms with E-state index >= 15 is 0 Å². The molecule has 0 aliphatic carbocycles. The third-order valence-corrected chi connectivity index (χ3v) is 3.07. The van der Waals surface area contributed by atoms with E-state index in [2.05, 4.69) is 14.9 Å². The molecule has 1 fully saturated rings. The number of amides is 1. The van der Waals surface area contributed by atoms with E-state index in [1.54, 1.807) is 4.90 Å². The molecule has 1 rings (SSSR count). The minimum absolute atomic E-state index is 0.222. The summed E-state index contributed by atoms with van der Waals surface area (Å²) >= 11 is 0. The zero-order valence-corrected chi connectivity index (χ0v) is 12.7. The third kappa shape index (κ3) is 6.63. The monoisotopic (exact) mass is 283 g/mol. The summed E-state index contributed by atoms with van der Waals surface area (Å²) in [5.74, 6) is 0. The molecule has 20 heavy (non-hydrogen) atoms. The first-order valence-corrected chi connectivity index (χ1v) is 7.13. The summed E-state index contributed by atoms with van der Waals surface area (Å²) < 4.78 is 5.36. The molecule has 0 radical (unpaired) electrons. The fourth-order valence-corrected chi connectivity index (χ4v) is 2.04. The van der Waals surface area contributed by atoms with E-state index in [9.17, 15) is 4.79 Å². The summed E-state index contributed by atoms with van der Waals surface area (Å²) in [6, 6.07) is 0. The van der Waals surface area contributed by atoms with Crippen LogP contribution in [0.5, 0.6) is 0 Å². The molecular formula is C13H25N5O2. The van der Waals surface area contributed by atoms with Crippen molar-refractivity contribution in [1.29, 1.82) is 0 Å². The van der Waals surface area contributed by atoms with E-state index in [1.807, 2.05) is 20.8 Å². The Hall–Kier alpha value is -1.46. The zero-order chi connectivity index (χ0) is 15.0. The van der Waals surface area contributed by atoms with Crippen LogP contribution >= 0.6 is 0 Å². The highest BCUT2D eigenvalue weighted by molar-refractivity contribution is 5.68. The second kappa shape index (κ2) is 7.97. The first-order chi connectivity index (χ1) is 9.42. The quantitative estimate of drug-likeness (QED) is 0.336. The smallest absolute Gasteiger partial charge is 0.410 e. The lowest BCUT2D eigenvalue weighted by Crippen LogP contribution is -2.50. The van der Waals surface area contributed by atoms with Crippen molar-refractivity contribution in [1.82, 2.24) is 9.80 Å². The molecule has 0 atom stereocenters. The van der Waals surface area contributed by atoms with E-state index < -0.39 is 5.60 Å². The zero-order valence-electron chi connectivity index (χ0n) is 12.7. The number of hydrogen-bond acceptors (Lipinski definition) is 4. The maximum atomic E-state index is 11.9. The van der Waals surface area contributed by atoms with Crippen LogP contribution in [0, 0.1) is 0 Å². The molecule has 114 valence electrons. The van der Waals surface area contributed by atoms with Crippen molar-refractivity contribution in [2.45, 2.75) is 39.2 Å². The summed E-state index contributed by atoms with van der Waals surface area (Å²) in [4.78, 5) is 18.7. The average Bonchev–Trinajstić information content (AvgIpc) is 2.37. The van der Waals surface area contributed by atoms with Gasteiger partial charge in [-0.05, 0) is 45.7 Å². The minimum atomic E-state index is -0.435. The maximum Gasteiger partial charge on any atom is 0.410 e. The van der Waals surface area contributed by atoms with Gasteiger partial charge in [0.25, 0.3) is 0 Å². The Bertz CT molecular complexity index is 352. The van der Waals surface area contributed by atoms with Crippen molar-refractivity contribution in [2.24, 2.45) is 5.11 Å². The fraction of sp³-hybridized carbons (Fsp3) is 0.923. The van der Waals surface area contributed by atoms with Gasteiger partial charge in [0.15, 0.2) is 0 Å². The predicted molar refractivity (Wildman–Crippen MR) is 77.5 cm³/mol. The molecular weight excluding hydrogens is 258 g/mol.